The largest absolute Gasteiger partial charge is 0.368 e. The van der Waals surface area contributed by atoms with Gasteiger partial charge in [0, 0.05) is 0 Å². The molecule has 5 heteroatoms. The number of amides is 3. The maximum Gasteiger partial charge on any atom is 0.312 e. The van der Waals surface area contributed by atoms with E-state index < -0.39 is 18.0 Å². The molecule has 0 rings (SSSR count). The zero-order valence-electron chi connectivity index (χ0n) is 6.63. The molecule has 5 N–H and O–H groups in total. The van der Waals surface area contributed by atoms with Crippen LogP contribution >= 0.6 is 0 Å². The van der Waals surface area contributed by atoms with Gasteiger partial charge in [0.25, 0.3) is 0 Å². The Labute approximate surface area is 65.1 Å². The molecule has 64 valence electrons. The minimum Gasteiger partial charge on any atom is -0.368 e. The average Bonchev–Trinajstić information content (AvgIpc) is 1.81. The van der Waals surface area contributed by atoms with Crippen molar-refractivity contribution in [3.8, 4) is 0 Å². The summed E-state index contributed by atoms with van der Waals surface area (Å²) < 4.78 is 0. The SMILES string of the molecule is CC(C)C(NC(N)=O)C(N)=O. The lowest BCUT2D eigenvalue weighted by Crippen LogP contribution is -2.49. The molecule has 0 saturated heterocycles. The van der Waals surface area contributed by atoms with Crippen molar-refractivity contribution in [1.29, 1.82) is 0 Å². The third-order valence-electron chi connectivity index (χ3n) is 1.27. The third kappa shape index (κ3) is 3.44. The van der Waals surface area contributed by atoms with Crippen LogP contribution in [0.4, 0.5) is 4.79 Å². The topological polar surface area (TPSA) is 98.2 Å². The first-order chi connectivity index (χ1) is 4.95. The summed E-state index contributed by atoms with van der Waals surface area (Å²) in [4.78, 5) is 21.0. The van der Waals surface area contributed by atoms with E-state index in [1.807, 2.05) is 0 Å². The van der Waals surface area contributed by atoms with Crippen LogP contribution in [0, 0.1) is 5.92 Å². The number of primary amides is 2. The molecule has 0 radical (unpaired) electrons. The zero-order valence-corrected chi connectivity index (χ0v) is 6.63. The van der Waals surface area contributed by atoms with Gasteiger partial charge >= 0.3 is 6.03 Å². The number of urea groups is 1. The Morgan fingerprint density at radius 2 is 1.73 bits per heavy atom. The highest BCUT2D eigenvalue weighted by atomic mass is 16.2. The van der Waals surface area contributed by atoms with E-state index in [1.54, 1.807) is 13.8 Å². The first-order valence-electron chi connectivity index (χ1n) is 3.30. The van der Waals surface area contributed by atoms with Crippen LogP contribution in [0.1, 0.15) is 13.8 Å². The highest BCUT2D eigenvalue weighted by Crippen LogP contribution is 1.99. The minimum absolute atomic E-state index is 0.0417. The van der Waals surface area contributed by atoms with Gasteiger partial charge in [-0.25, -0.2) is 4.79 Å². The molecule has 3 amide bonds. The summed E-state index contributed by atoms with van der Waals surface area (Å²) in [6, 6.07) is -1.41. The van der Waals surface area contributed by atoms with E-state index in [-0.39, 0.29) is 5.92 Å². The van der Waals surface area contributed by atoms with E-state index in [9.17, 15) is 9.59 Å². The number of nitrogens with two attached hydrogens (primary N) is 2. The third-order valence-corrected chi connectivity index (χ3v) is 1.27. The number of hydrogen-bond acceptors (Lipinski definition) is 2. The first kappa shape index (κ1) is 9.74. The van der Waals surface area contributed by atoms with Crippen LogP contribution in [-0.2, 0) is 4.79 Å². The van der Waals surface area contributed by atoms with Gasteiger partial charge in [0.15, 0.2) is 0 Å². The van der Waals surface area contributed by atoms with Crippen LogP contribution < -0.4 is 16.8 Å². The fourth-order valence-corrected chi connectivity index (χ4v) is 0.720. The van der Waals surface area contributed by atoms with E-state index in [1.165, 1.54) is 0 Å². The molecule has 1 atom stereocenters. The number of rotatable bonds is 3. The molecule has 0 aliphatic heterocycles. The second kappa shape index (κ2) is 3.80. The molecule has 0 aromatic rings. The Morgan fingerprint density at radius 1 is 1.27 bits per heavy atom. The maximum atomic E-state index is 10.6. The lowest BCUT2D eigenvalue weighted by atomic mass is 10.0. The lowest BCUT2D eigenvalue weighted by molar-refractivity contribution is -0.120. The summed E-state index contributed by atoms with van der Waals surface area (Å²) in [5.74, 6) is -0.612. The normalized spacial score (nSPS) is 12.6. The summed E-state index contributed by atoms with van der Waals surface area (Å²) in [5.41, 5.74) is 9.79. The second-order valence-electron chi connectivity index (χ2n) is 2.63. The highest BCUT2D eigenvalue weighted by molar-refractivity contribution is 5.85. The van der Waals surface area contributed by atoms with E-state index in [0.29, 0.717) is 0 Å². The molecular weight excluding hydrogens is 146 g/mol. The average molecular weight is 159 g/mol. The van der Waals surface area contributed by atoms with Gasteiger partial charge in [-0.1, -0.05) is 13.8 Å². The number of carbonyl (C=O) groups is 2. The van der Waals surface area contributed by atoms with E-state index >= 15 is 0 Å². The quantitative estimate of drug-likeness (QED) is 0.500. The van der Waals surface area contributed by atoms with E-state index in [2.05, 4.69) is 5.32 Å². The van der Waals surface area contributed by atoms with Gasteiger partial charge in [-0.2, -0.15) is 0 Å². The number of nitrogens with one attached hydrogen (secondary N) is 1. The fraction of sp³-hybridized carbons (Fsp3) is 0.667. The monoisotopic (exact) mass is 159 g/mol. The molecule has 0 heterocycles. The highest BCUT2D eigenvalue weighted by Gasteiger charge is 2.19. The molecule has 0 spiro atoms. The Balaban J connectivity index is 4.12. The van der Waals surface area contributed by atoms with Gasteiger partial charge in [0.1, 0.15) is 6.04 Å². The summed E-state index contributed by atoms with van der Waals surface area (Å²) in [6.07, 6.45) is 0. The molecular formula is C6H13N3O2. The van der Waals surface area contributed by atoms with Gasteiger partial charge in [0.2, 0.25) is 5.91 Å². The predicted molar refractivity (Wildman–Crippen MR) is 40.5 cm³/mol. The summed E-state index contributed by atoms with van der Waals surface area (Å²) in [7, 11) is 0. The zero-order chi connectivity index (χ0) is 9.02. The molecule has 0 aromatic heterocycles. The lowest BCUT2D eigenvalue weighted by Gasteiger charge is -2.16. The van der Waals surface area contributed by atoms with Crippen LogP contribution in [0.25, 0.3) is 0 Å². The minimum atomic E-state index is -0.734. The predicted octanol–water partition coefficient (Wildman–Crippen LogP) is -0.835. The standard InChI is InChI=1S/C6H13N3O2/c1-3(2)4(5(7)10)9-6(8)11/h3-4H,1-2H3,(H2,7,10)(H3,8,9,11). The van der Waals surface area contributed by atoms with Crippen molar-refractivity contribution in [2.24, 2.45) is 17.4 Å². The molecule has 1 unspecified atom stereocenters. The molecule has 0 aliphatic carbocycles. The maximum absolute atomic E-state index is 10.6. The fourth-order valence-electron chi connectivity index (χ4n) is 0.720. The number of hydrogen-bond donors (Lipinski definition) is 3. The van der Waals surface area contributed by atoms with Crippen molar-refractivity contribution < 1.29 is 9.59 Å². The molecule has 11 heavy (non-hydrogen) atoms. The Morgan fingerprint density at radius 3 is 1.82 bits per heavy atom. The molecule has 0 bridgehead atoms. The molecule has 0 aliphatic rings. The van der Waals surface area contributed by atoms with Gasteiger partial charge < -0.3 is 16.8 Å². The molecule has 5 nitrogen and oxygen atoms in total. The Hall–Kier alpha value is -1.26. The van der Waals surface area contributed by atoms with Crippen molar-refractivity contribution in [2.75, 3.05) is 0 Å². The van der Waals surface area contributed by atoms with Gasteiger partial charge in [-0.15, -0.1) is 0 Å². The van der Waals surface area contributed by atoms with Gasteiger partial charge in [0.05, 0.1) is 0 Å². The van der Waals surface area contributed by atoms with Gasteiger partial charge in [-0.05, 0) is 5.92 Å². The first-order valence-corrected chi connectivity index (χ1v) is 3.30. The van der Waals surface area contributed by atoms with Crippen molar-refractivity contribution >= 4 is 11.9 Å². The molecule has 0 fully saturated rings. The Kier molecular flexibility index (Phi) is 3.36. The second-order valence-corrected chi connectivity index (χ2v) is 2.63. The van der Waals surface area contributed by atoms with Crippen LogP contribution in [-0.4, -0.2) is 18.0 Å². The van der Waals surface area contributed by atoms with E-state index in [0.717, 1.165) is 0 Å². The van der Waals surface area contributed by atoms with Crippen molar-refractivity contribution in [2.45, 2.75) is 19.9 Å². The summed E-state index contributed by atoms with van der Waals surface area (Å²) >= 11 is 0. The van der Waals surface area contributed by atoms with Crippen LogP contribution in [0.15, 0.2) is 0 Å². The van der Waals surface area contributed by atoms with E-state index in [4.69, 9.17) is 11.5 Å². The number of carbonyl (C=O) groups excluding carboxylic acids is 2. The van der Waals surface area contributed by atoms with Crippen molar-refractivity contribution in [3.63, 3.8) is 0 Å². The molecule has 0 saturated carbocycles. The van der Waals surface area contributed by atoms with Crippen LogP contribution in [0.2, 0.25) is 0 Å². The van der Waals surface area contributed by atoms with Crippen molar-refractivity contribution in [1.82, 2.24) is 5.32 Å². The summed E-state index contributed by atoms with van der Waals surface area (Å²) in [5, 5.41) is 2.24. The molecule has 0 aromatic carbocycles. The van der Waals surface area contributed by atoms with Crippen LogP contribution in [0.5, 0.6) is 0 Å². The van der Waals surface area contributed by atoms with Crippen LogP contribution in [0.3, 0.4) is 0 Å². The van der Waals surface area contributed by atoms with Crippen molar-refractivity contribution in [3.05, 3.63) is 0 Å². The van der Waals surface area contributed by atoms with Gasteiger partial charge in [-0.3, -0.25) is 4.79 Å². The summed E-state index contributed by atoms with van der Waals surface area (Å²) in [6.45, 7) is 3.54. The smallest absolute Gasteiger partial charge is 0.312 e. The Bertz CT molecular complexity index is 167.